The number of rotatable bonds is 5. The molecule has 0 aliphatic rings. The number of halogens is 2. The number of terminal acetylenes is 1. The molecule has 4 nitrogen and oxygen atoms in total. The summed E-state index contributed by atoms with van der Waals surface area (Å²) in [7, 11) is 0. The lowest BCUT2D eigenvalue weighted by Gasteiger charge is -2.09. The van der Waals surface area contributed by atoms with Crippen LogP contribution in [0.4, 0.5) is 4.39 Å². The lowest BCUT2D eigenvalue weighted by molar-refractivity contribution is -0.141. The zero-order chi connectivity index (χ0) is 15.1. The van der Waals surface area contributed by atoms with Crippen LogP contribution in [0.2, 0.25) is 5.02 Å². The predicted molar refractivity (Wildman–Crippen MR) is 73.5 cm³/mol. The third kappa shape index (κ3) is 4.75. The first-order valence-corrected chi connectivity index (χ1v) is 5.91. The van der Waals surface area contributed by atoms with Crippen molar-refractivity contribution < 1.29 is 19.1 Å². The molecule has 1 atom stereocenters. The molecule has 0 saturated heterocycles. The van der Waals surface area contributed by atoms with E-state index in [2.05, 4.69) is 11.2 Å². The second-order valence-electron chi connectivity index (χ2n) is 3.81. The SMILES string of the molecule is C#CCC(NC(=O)/C=C/c1ccc(F)c(Cl)c1)C(=O)O. The summed E-state index contributed by atoms with van der Waals surface area (Å²) < 4.78 is 12.9. The van der Waals surface area contributed by atoms with Gasteiger partial charge in [0, 0.05) is 12.5 Å². The average Bonchev–Trinajstić information content (AvgIpc) is 2.39. The smallest absolute Gasteiger partial charge is 0.327 e. The Morgan fingerprint density at radius 2 is 2.25 bits per heavy atom. The summed E-state index contributed by atoms with van der Waals surface area (Å²) in [5.74, 6) is -0.230. The van der Waals surface area contributed by atoms with Gasteiger partial charge in [0.2, 0.25) is 5.91 Å². The quantitative estimate of drug-likeness (QED) is 0.646. The van der Waals surface area contributed by atoms with Crippen molar-refractivity contribution in [2.45, 2.75) is 12.5 Å². The van der Waals surface area contributed by atoms with E-state index in [1.807, 2.05) is 0 Å². The summed E-state index contributed by atoms with van der Waals surface area (Å²) in [6.07, 6.45) is 7.40. The molecular formula is C14H11ClFNO3. The monoisotopic (exact) mass is 295 g/mol. The molecule has 0 aliphatic heterocycles. The lowest BCUT2D eigenvalue weighted by Crippen LogP contribution is -2.39. The minimum absolute atomic E-state index is 0.0664. The van der Waals surface area contributed by atoms with Crippen molar-refractivity contribution in [2.24, 2.45) is 0 Å². The van der Waals surface area contributed by atoms with Gasteiger partial charge in [0.25, 0.3) is 0 Å². The molecule has 6 heteroatoms. The largest absolute Gasteiger partial charge is 0.480 e. The fraction of sp³-hybridized carbons (Fsp3) is 0.143. The maximum atomic E-state index is 12.9. The van der Waals surface area contributed by atoms with Gasteiger partial charge >= 0.3 is 5.97 Å². The van der Waals surface area contributed by atoms with E-state index in [0.29, 0.717) is 5.56 Å². The average molecular weight is 296 g/mol. The zero-order valence-electron chi connectivity index (χ0n) is 10.3. The van der Waals surface area contributed by atoms with Crippen LogP contribution in [0.1, 0.15) is 12.0 Å². The van der Waals surface area contributed by atoms with Crippen molar-refractivity contribution in [2.75, 3.05) is 0 Å². The second-order valence-corrected chi connectivity index (χ2v) is 4.22. The van der Waals surface area contributed by atoms with Crippen molar-refractivity contribution in [1.29, 1.82) is 0 Å². The van der Waals surface area contributed by atoms with E-state index in [4.69, 9.17) is 23.1 Å². The maximum Gasteiger partial charge on any atom is 0.327 e. The highest BCUT2D eigenvalue weighted by atomic mass is 35.5. The topological polar surface area (TPSA) is 66.4 Å². The molecule has 0 bridgehead atoms. The molecule has 1 amide bonds. The highest BCUT2D eigenvalue weighted by Crippen LogP contribution is 2.16. The minimum Gasteiger partial charge on any atom is -0.480 e. The Balaban J connectivity index is 2.69. The van der Waals surface area contributed by atoms with E-state index >= 15 is 0 Å². The normalized spacial score (nSPS) is 11.8. The molecular weight excluding hydrogens is 285 g/mol. The van der Waals surface area contributed by atoms with Gasteiger partial charge in [0.15, 0.2) is 0 Å². The van der Waals surface area contributed by atoms with E-state index in [0.717, 1.165) is 12.1 Å². The van der Waals surface area contributed by atoms with Crippen molar-refractivity contribution in [3.63, 3.8) is 0 Å². The number of aliphatic carboxylic acids is 1. The van der Waals surface area contributed by atoms with E-state index in [1.54, 1.807) is 0 Å². The number of hydrogen-bond donors (Lipinski definition) is 2. The Hall–Kier alpha value is -2.32. The van der Waals surface area contributed by atoms with Gasteiger partial charge in [0.05, 0.1) is 5.02 Å². The van der Waals surface area contributed by atoms with Crippen LogP contribution in [0, 0.1) is 18.2 Å². The number of benzene rings is 1. The summed E-state index contributed by atoms with van der Waals surface area (Å²) in [6, 6.07) is 2.80. The number of hydrogen-bond acceptors (Lipinski definition) is 2. The van der Waals surface area contributed by atoms with Gasteiger partial charge in [-0.25, -0.2) is 9.18 Å². The van der Waals surface area contributed by atoms with Gasteiger partial charge in [-0.2, -0.15) is 0 Å². The predicted octanol–water partition coefficient (Wildman–Crippen LogP) is 2.08. The lowest BCUT2D eigenvalue weighted by atomic mass is 10.2. The van der Waals surface area contributed by atoms with Crippen LogP contribution in [0.15, 0.2) is 24.3 Å². The molecule has 1 rings (SSSR count). The highest BCUT2D eigenvalue weighted by Gasteiger charge is 2.17. The summed E-state index contributed by atoms with van der Waals surface area (Å²) >= 11 is 5.59. The highest BCUT2D eigenvalue weighted by molar-refractivity contribution is 6.30. The van der Waals surface area contributed by atoms with Crippen molar-refractivity contribution >= 4 is 29.6 Å². The Labute approximate surface area is 120 Å². The van der Waals surface area contributed by atoms with Gasteiger partial charge in [-0.1, -0.05) is 17.7 Å². The minimum atomic E-state index is -1.21. The first-order valence-electron chi connectivity index (χ1n) is 5.54. The molecule has 1 aromatic rings. The van der Waals surface area contributed by atoms with Gasteiger partial charge in [0.1, 0.15) is 11.9 Å². The van der Waals surface area contributed by atoms with Gasteiger partial charge in [-0.3, -0.25) is 4.79 Å². The number of carboxylic acid groups (broad SMARTS) is 1. The van der Waals surface area contributed by atoms with Crippen molar-refractivity contribution in [3.8, 4) is 12.3 Å². The van der Waals surface area contributed by atoms with Crippen molar-refractivity contribution in [3.05, 3.63) is 40.7 Å². The molecule has 0 saturated carbocycles. The first-order chi connectivity index (χ1) is 9.43. The molecule has 2 N–H and O–H groups in total. The Kier molecular flexibility index (Phi) is 5.75. The van der Waals surface area contributed by atoms with Crippen LogP contribution < -0.4 is 5.32 Å². The molecule has 0 aromatic heterocycles. The van der Waals surface area contributed by atoms with Crippen LogP contribution in [0.3, 0.4) is 0 Å². The maximum absolute atomic E-state index is 12.9. The van der Waals surface area contributed by atoms with Crippen LogP contribution in [0.5, 0.6) is 0 Å². The zero-order valence-corrected chi connectivity index (χ0v) is 11.0. The fourth-order valence-corrected chi connectivity index (χ4v) is 1.51. The van der Waals surface area contributed by atoms with E-state index in [9.17, 15) is 14.0 Å². The molecule has 1 aromatic carbocycles. The molecule has 1 unspecified atom stereocenters. The Morgan fingerprint density at radius 3 is 2.80 bits per heavy atom. The molecule has 0 aliphatic carbocycles. The Morgan fingerprint density at radius 1 is 1.55 bits per heavy atom. The van der Waals surface area contributed by atoms with Crippen molar-refractivity contribution in [1.82, 2.24) is 5.32 Å². The summed E-state index contributed by atoms with van der Waals surface area (Å²) in [5, 5.41) is 11.0. The molecule has 20 heavy (non-hydrogen) atoms. The second kappa shape index (κ2) is 7.31. The van der Waals surface area contributed by atoms with E-state index < -0.39 is 23.7 Å². The van der Waals surface area contributed by atoms with Gasteiger partial charge in [-0.15, -0.1) is 12.3 Å². The van der Waals surface area contributed by atoms with Crippen LogP contribution >= 0.6 is 11.6 Å². The van der Waals surface area contributed by atoms with Crippen LogP contribution in [-0.4, -0.2) is 23.0 Å². The number of carbonyl (C=O) groups excluding carboxylic acids is 1. The number of carbonyl (C=O) groups is 2. The molecule has 0 radical (unpaired) electrons. The number of amides is 1. The Bertz CT molecular complexity index is 593. The third-order valence-corrected chi connectivity index (χ3v) is 2.60. The summed E-state index contributed by atoms with van der Waals surface area (Å²) in [4.78, 5) is 22.3. The molecule has 104 valence electrons. The molecule has 0 heterocycles. The van der Waals surface area contributed by atoms with Gasteiger partial charge < -0.3 is 10.4 Å². The van der Waals surface area contributed by atoms with Crippen LogP contribution in [0.25, 0.3) is 6.08 Å². The number of carboxylic acids is 1. The standard InChI is InChI=1S/C14H11ClFNO3/c1-2-3-12(14(19)20)17-13(18)7-5-9-4-6-11(16)10(15)8-9/h1,4-8,12H,3H2,(H,17,18)(H,19,20)/b7-5+. The molecule has 0 spiro atoms. The summed E-state index contributed by atoms with van der Waals surface area (Å²) in [6.45, 7) is 0. The molecule has 0 fully saturated rings. The third-order valence-electron chi connectivity index (χ3n) is 2.31. The van der Waals surface area contributed by atoms with E-state index in [1.165, 1.54) is 18.2 Å². The summed E-state index contributed by atoms with van der Waals surface area (Å²) in [5.41, 5.74) is 0.510. The number of nitrogens with one attached hydrogen (secondary N) is 1. The fourth-order valence-electron chi connectivity index (χ4n) is 1.33. The van der Waals surface area contributed by atoms with Crippen LogP contribution in [-0.2, 0) is 9.59 Å². The van der Waals surface area contributed by atoms with Gasteiger partial charge in [-0.05, 0) is 23.8 Å². The van der Waals surface area contributed by atoms with E-state index in [-0.39, 0.29) is 11.4 Å². The first kappa shape index (κ1) is 15.7.